The van der Waals surface area contributed by atoms with Crippen LogP contribution in [0.1, 0.15) is 53.2 Å². The Balaban J connectivity index is 2.60. The van der Waals surface area contributed by atoms with E-state index < -0.39 is 10.0 Å². The van der Waals surface area contributed by atoms with E-state index in [0.717, 1.165) is 18.5 Å². The van der Waals surface area contributed by atoms with Crippen LogP contribution in [0, 0.1) is 0 Å². The van der Waals surface area contributed by atoms with Crippen molar-refractivity contribution in [1.29, 1.82) is 0 Å². The fraction of sp³-hybridized carbons (Fsp3) is 0.526. The van der Waals surface area contributed by atoms with Crippen LogP contribution in [0.15, 0.2) is 41.4 Å². The molecule has 1 aromatic heterocycles. The molecule has 0 unspecified atom stereocenters. The molecule has 0 saturated carbocycles. The Bertz CT molecular complexity index is 784. The zero-order valence-electron chi connectivity index (χ0n) is 15.9. The van der Waals surface area contributed by atoms with Crippen LogP contribution < -0.4 is 0 Å². The van der Waals surface area contributed by atoms with Crippen molar-refractivity contribution in [3.8, 4) is 5.69 Å². The first-order valence-electron chi connectivity index (χ1n) is 8.87. The van der Waals surface area contributed by atoms with E-state index in [-0.39, 0.29) is 5.41 Å². The molecule has 0 amide bonds. The van der Waals surface area contributed by atoms with Gasteiger partial charge in [0.1, 0.15) is 4.90 Å². The first-order valence-corrected chi connectivity index (χ1v) is 10.3. The molecule has 0 saturated heterocycles. The summed E-state index contributed by atoms with van der Waals surface area (Å²) in [5.74, 6) is 0. The summed E-state index contributed by atoms with van der Waals surface area (Å²) in [6.45, 7) is 11.0. The monoisotopic (exact) mass is 363 g/mol. The second kappa shape index (κ2) is 7.70. The number of para-hydroxylation sites is 1. The van der Waals surface area contributed by atoms with Gasteiger partial charge in [-0.2, -0.15) is 9.40 Å². The van der Waals surface area contributed by atoms with Crippen LogP contribution in [0.25, 0.3) is 5.69 Å². The lowest BCUT2D eigenvalue weighted by Crippen LogP contribution is -2.33. The maximum atomic E-state index is 13.3. The zero-order chi connectivity index (χ0) is 18.7. The molecular weight excluding hydrogens is 334 g/mol. The van der Waals surface area contributed by atoms with Crippen LogP contribution in [-0.4, -0.2) is 35.6 Å². The quantitative estimate of drug-likeness (QED) is 0.748. The Labute approximate surface area is 151 Å². The second-order valence-electron chi connectivity index (χ2n) is 7.28. The SMILES string of the molecule is CCCN(CCC)S(=O)(=O)c1cn(-c2ccccc2)nc1C(C)(C)C. The fourth-order valence-corrected chi connectivity index (χ4v) is 4.72. The van der Waals surface area contributed by atoms with E-state index in [9.17, 15) is 8.42 Å². The molecule has 0 aliphatic heterocycles. The van der Waals surface area contributed by atoms with E-state index in [4.69, 9.17) is 0 Å². The lowest BCUT2D eigenvalue weighted by atomic mass is 9.92. The molecule has 0 radical (unpaired) electrons. The Hall–Kier alpha value is -1.66. The van der Waals surface area contributed by atoms with Gasteiger partial charge in [0.05, 0.1) is 17.6 Å². The van der Waals surface area contributed by atoms with Crippen molar-refractivity contribution >= 4 is 10.0 Å². The van der Waals surface area contributed by atoms with Crippen molar-refractivity contribution in [1.82, 2.24) is 14.1 Å². The van der Waals surface area contributed by atoms with Crippen molar-refractivity contribution in [2.45, 2.75) is 57.8 Å². The molecular formula is C19H29N3O2S. The van der Waals surface area contributed by atoms with E-state index in [0.29, 0.717) is 23.7 Å². The summed E-state index contributed by atoms with van der Waals surface area (Å²) in [6, 6.07) is 9.61. The minimum Gasteiger partial charge on any atom is -0.239 e. The van der Waals surface area contributed by atoms with Crippen LogP contribution in [0.2, 0.25) is 0 Å². The molecule has 0 spiro atoms. The minimum absolute atomic E-state index is 0.311. The van der Waals surface area contributed by atoms with Crippen molar-refractivity contribution in [2.75, 3.05) is 13.1 Å². The summed E-state index contributed by atoms with van der Waals surface area (Å²) < 4.78 is 29.8. The van der Waals surface area contributed by atoms with Gasteiger partial charge in [0, 0.05) is 18.5 Å². The molecule has 1 aromatic carbocycles. The van der Waals surface area contributed by atoms with Crippen LogP contribution in [-0.2, 0) is 15.4 Å². The van der Waals surface area contributed by atoms with E-state index >= 15 is 0 Å². The highest BCUT2D eigenvalue weighted by Crippen LogP contribution is 2.30. The highest BCUT2D eigenvalue weighted by atomic mass is 32.2. The van der Waals surface area contributed by atoms with Gasteiger partial charge in [-0.05, 0) is 25.0 Å². The average Bonchev–Trinajstić information content (AvgIpc) is 3.02. The van der Waals surface area contributed by atoms with Gasteiger partial charge in [-0.3, -0.25) is 0 Å². The minimum atomic E-state index is -3.58. The van der Waals surface area contributed by atoms with E-state index in [2.05, 4.69) is 5.10 Å². The Morgan fingerprint density at radius 3 is 2.08 bits per heavy atom. The molecule has 0 bridgehead atoms. The van der Waals surface area contributed by atoms with Crippen molar-refractivity contribution < 1.29 is 8.42 Å². The van der Waals surface area contributed by atoms with Crippen molar-refractivity contribution in [3.63, 3.8) is 0 Å². The number of rotatable bonds is 7. The third-order valence-corrected chi connectivity index (χ3v) is 5.88. The molecule has 25 heavy (non-hydrogen) atoms. The van der Waals surface area contributed by atoms with Gasteiger partial charge in [0.15, 0.2) is 0 Å². The number of aromatic nitrogens is 2. The Morgan fingerprint density at radius 1 is 1.04 bits per heavy atom. The highest BCUT2D eigenvalue weighted by molar-refractivity contribution is 7.89. The second-order valence-corrected chi connectivity index (χ2v) is 9.18. The third kappa shape index (κ3) is 4.30. The molecule has 0 N–H and O–H groups in total. The third-order valence-electron chi connectivity index (χ3n) is 3.98. The molecule has 2 rings (SSSR count). The molecule has 0 atom stereocenters. The summed E-state index contributed by atoms with van der Waals surface area (Å²) in [7, 11) is -3.58. The summed E-state index contributed by atoms with van der Waals surface area (Å²) in [6.07, 6.45) is 3.23. The first-order chi connectivity index (χ1) is 11.7. The zero-order valence-corrected chi connectivity index (χ0v) is 16.7. The van der Waals surface area contributed by atoms with Gasteiger partial charge in [-0.25, -0.2) is 13.1 Å². The van der Waals surface area contributed by atoms with E-state index in [1.165, 1.54) is 0 Å². The normalized spacial score (nSPS) is 12.7. The summed E-state index contributed by atoms with van der Waals surface area (Å²) in [4.78, 5) is 0.311. The molecule has 0 fully saturated rings. The number of hydrogen-bond acceptors (Lipinski definition) is 3. The van der Waals surface area contributed by atoms with E-state index in [1.807, 2.05) is 65.0 Å². The van der Waals surface area contributed by atoms with Gasteiger partial charge in [-0.15, -0.1) is 0 Å². The van der Waals surface area contributed by atoms with Crippen molar-refractivity contribution in [3.05, 3.63) is 42.2 Å². The smallest absolute Gasteiger partial charge is 0.239 e. The largest absolute Gasteiger partial charge is 0.246 e. The summed E-state index contributed by atoms with van der Waals surface area (Å²) >= 11 is 0. The number of benzene rings is 1. The van der Waals surface area contributed by atoms with Gasteiger partial charge < -0.3 is 0 Å². The van der Waals surface area contributed by atoms with Crippen LogP contribution in [0.5, 0.6) is 0 Å². The maximum absolute atomic E-state index is 13.3. The van der Waals surface area contributed by atoms with Crippen LogP contribution in [0.4, 0.5) is 0 Å². The predicted molar refractivity (Wildman–Crippen MR) is 102 cm³/mol. The first kappa shape index (κ1) is 19.7. The number of sulfonamides is 1. The fourth-order valence-electron chi connectivity index (χ4n) is 2.77. The van der Waals surface area contributed by atoms with Crippen molar-refractivity contribution in [2.24, 2.45) is 0 Å². The molecule has 6 heteroatoms. The lowest BCUT2D eigenvalue weighted by Gasteiger charge is -2.23. The molecule has 138 valence electrons. The standard InChI is InChI=1S/C19H29N3O2S/c1-6-13-21(14-7-2)25(23,24)17-15-22(16-11-9-8-10-12-16)20-18(17)19(3,4)5/h8-12,15H,6-7,13-14H2,1-5H3. The molecule has 2 aromatic rings. The van der Waals surface area contributed by atoms with Crippen LogP contribution in [0.3, 0.4) is 0 Å². The molecule has 5 nitrogen and oxygen atoms in total. The number of hydrogen-bond donors (Lipinski definition) is 0. The average molecular weight is 364 g/mol. The Kier molecular flexibility index (Phi) is 6.06. The molecule has 0 aliphatic rings. The highest BCUT2D eigenvalue weighted by Gasteiger charge is 2.33. The van der Waals surface area contributed by atoms with Gasteiger partial charge >= 0.3 is 0 Å². The van der Waals surface area contributed by atoms with Gasteiger partial charge in [-0.1, -0.05) is 52.8 Å². The maximum Gasteiger partial charge on any atom is 0.246 e. The Morgan fingerprint density at radius 2 is 1.60 bits per heavy atom. The predicted octanol–water partition coefficient (Wildman–Crippen LogP) is 3.98. The van der Waals surface area contributed by atoms with Gasteiger partial charge in [0.2, 0.25) is 10.0 Å². The summed E-state index contributed by atoms with van der Waals surface area (Å²) in [5, 5.41) is 4.63. The van der Waals surface area contributed by atoms with Crippen LogP contribution >= 0.6 is 0 Å². The van der Waals surface area contributed by atoms with E-state index in [1.54, 1.807) is 15.2 Å². The molecule has 1 heterocycles. The molecule has 0 aliphatic carbocycles. The summed E-state index contributed by atoms with van der Waals surface area (Å²) in [5.41, 5.74) is 1.09. The number of nitrogens with zero attached hydrogens (tertiary/aromatic N) is 3. The van der Waals surface area contributed by atoms with Gasteiger partial charge in [0.25, 0.3) is 0 Å². The lowest BCUT2D eigenvalue weighted by molar-refractivity contribution is 0.407. The topological polar surface area (TPSA) is 55.2 Å².